The molecular weight excluding hydrogens is 260 g/mol. The Morgan fingerprint density at radius 3 is 2.58 bits per heavy atom. The van der Waals surface area contributed by atoms with Crippen LogP contribution in [0.1, 0.15) is 25.7 Å². The van der Waals surface area contributed by atoms with Crippen LogP contribution in [0.15, 0.2) is 24.5 Å². The van der Waals surface area contributed by atoms with E-state index in [-0.39, 0.29) is 0 Å². The molecule has 2 unspecified atom stereocenters. The number of alkyl halides is 1. The molecule has 2 saturated heterocycles. The molecule has 0 amide bonds. The van der Waals surface area contributed by atoms with Gasteiger partial charge in [0.15, 0.2) is 5.65 Å². The van der Waals surface area contributed by atoms with Crippen LogP contribution in [-0.4, -0.2) is 32.4 Å². The first-order valence-corrected chi connectivity index (χ1v) is 7.25. The maximum Gasteiger partial charge on any atom is 0.180 e. The van der Waals surface area contributed by atoms with Crippen molar-refractivity contribution in [2.75, 3.05) is 4.90 Å². The number of rotatable bonds is 1. The molecule has 0 spiro atoms. The minimum Gasteiger partial charge on any atom is -0.350 e. The maximum atomic E-state index is 6.32. The first-order chi connectivity index (χ1) is 9.31. The molecule has 4 heterocycles. The average molecular weight is 275 g/mol. The van der Waals surface area contributed by atoms with Gasteiger partial charge in [-0.2, -0.15) is 0 Å². The highest BCUT2D eigenvalue weighted by Crippen LogP contribution is 2.40. The molecule has 2 aliphatic rings. The summed E-state index contributed by atoms with van der Waals surface area (Å²) in [5.41, 5.74) is 1.58. The summed E-state index contributed by atoms with van der Waals surface area (Å²) >= 11 is 6.32. The second-order valence-electron chi connectivity index (χ2n) is 5.43. The molecule has 0 N–H and O–H groups in total. The van der Waals surface area contributed by atoms with Gasteiger partial charge >= 0.3 is 0 Å². The van der Waals surface area contributed by atoms with E-state index in [1.54, 1.807) is 12.4 Å². The van der Waals surface area contributed by atoms with Gasteiger partial charge in [0.1, 0.15) is 11.3 Å². The minimum atomic E-state index is 0.328. The van der Waals surface area contributed by atoms with Gasteiger partial charge in [0.05, 0.1) is 0 Å². The molecule has 2 fully saturated rings. The molecule has 0 aromatic carbocycles. The summed E-state index contributed by atoms with van der Waals surface area (Å²) in [5, 5.41) is 0.328. The molecular formula is C14H15ClN4. The number of aromatic nitrogens is 3. The topological polar surface area (TPSA) is 41.9 Å². The van der Waals surface area contributed by atoms with Crippen LogP contribution in [0, 0.1) is 0 Å². The van der Waals surface area contributed by atoms with Gasteiger partial charge < -0.3 is 4.90 Å². The zero-order valence-corrected chi connectivity index (χ0v) is 11.3. The van der Waals surface area contributed by atoms with E-state index in [0.29, 0.717) is 17.5 Å². The molecule has 98 valence electrons. The highest BCUT2D eigenvalue weighted by atomic mass is 35.5. The lowest BCUT2D eigenvalue weighted by atomic mass is 10.0. The van der Waals surface area contributed by atoms with Crippen LogP contribution >= 0.6 is 11.6 Å². The largest absolute Gasteiger partial charge is 0.350 e. The highest BCUT2D eigenvalue weighted by molar-refractivity contribution is 6.20. The van der Waals surface area contributed by atoms with Crippen LogP contribution < -0.4 is 4.90 Å². The third-order valence-corrected chi connectivity index (χ3v) is 4.61. The number of pyridine rings is 1. The first kappa shape index (κ1) is 11.4. The summed E-state index contributed by atoms with van der Waals surface area (Å²) in [6.07, 6.45) is 7.99. The minimum absolute atomic E-state index is 0.328. The number of halogens is 1. The molecule has 0 saturated carbocycles. The molecule has 4 nitrogen and oxygen atoms in total. The Morgan fingerprint density at radius 2 is 1.79 bits per heavy atom. The van der Waals surface area contributed by atoms with Crippen LogP contribution in [0.3, 0.4) is 0 Å². The van der Waals surface area contributed by atoms with Crippen molar-refractivity contribution in [3.63, 3.8) is 0 Å². The Morgan fingerprint density at radius 1 is 1.05 bits per heavy atom. The zero-order chi connectivity index (χ0) is 12.8. The second-order valence-corrected chi connectivity index (χ2v) is 6.05. The van der Waals surface area contributed by atoms with E-state index in [0.717, 1.165) is 29.8 Å². The number of anilines is 1. The number of nitrogens with zero attached hydrogens (tertiary/aromatic N) is 4. The van der Waals surface area contributed by atoms with E-state index in [1.807, 2.05) is 6.07 Å². The van der Waals surface area contributed by atoms with Gasteiger partial charge in [0.25, 0.3) is 0 Å². The van der Waals surface area contributed by atoms with Gasteiger partial charge in [-0.3, -0.25) is 4.98 Å². The van der Waals surface area contributed by atoms with Gasteiger partial charge in [0, 0.05) is 29.9 Å². The van der Waals surface area contributed by atoms with E-state index in [1.165, 1.54) is 12.8 Å². The summed E-state index contributed by atoms with van der Waals surface area (Å²) in [7, 11) is 0. The lowest BCUT2D eigenvalue weighted by Crippen LogP contribution is -2.43. The van der Waals surface area contributed by atoms with Crippen LogP contribution in [-0.2, 0) is 0 Å². The fraction of sp³-hybridized carbons (Fsp3) is 0.500. The van der Waals surface area contributed by atoms with E-state index in [4.69, 9.17) is 11.6 Å². The Balaban J connectivity index is 1.74. The van der Waals surface area contributed by atoms with Crippen molar-refractivity contribution in [1.82, 2.24) is 15.0 Å². The van der Waals surface area contributed by atoms with Crippen LogP contribution in [0.2, 0.25) is 0 Å². The quantitative estimate of drug-likeness (QED) is 0.750. The smallest absolute Gasteiger partial charge is 0.180 e. The lowest BCUT2D eigenvalue weighted by molar-refractivity contribution is 0.471. The van der Waals surface area contributed by atoms with Crippen molar-refractivity contribution in [1.29, 1.82) is 0 Å². The van der Waals surface area contributed by atoms with Gasteiger partial charge in [-0.15, -0.1) is 11.6 Å². The fourth-order valence-corrected chi connectivity index (χ4v) is 3.88. The van der Waals surface area contributed by atoms with Gasteiger partial charge in [-0.25, -0.2) is 9.97 Å². The van der Waals surface area contributed by atoms with Crippen molar-refractivity contribution in [2.45, 2.75) is 43.1 Å². The van der Waals surface area contributed by atoms with Gasteiger partial charge in [-0.1, -0.05) is 0 Å². The molecule has 2 aromatic heterocycles. The Bertz CT molecular complexity index is 603. The summed E-state index contributed by atoms with van der Waals surface area (Å²) in [4.78, 5) is 15.7. The number of piperidine rings is 1. The monoisotopic (exact) mass is 274 g/mol. The molecule has 2 aromatic rings. The third kappa shape index (κ3) is 1.86. The third-order valence-electron chi connectivity index (χ3n) is 4.26. The summed E-state index contributed by atoms with van der Waals surface area (Å²) in [6, 6.07) is 5.17. The van der Waals surface area contributed by atoms with E-state index in [2.05, 4.69) is 25.9 Å². The van der Waals surface area contributed by atoms with E-state index in [9.17, 15) is 0 Å². The summed E-state index contributed by atoms with van der Waals surface area (Å²) in [5.74, 6) is 1.03. The Hall–Kier alpha value is -1.42. The van der Waals surface area contributed by atoms with Crippen LogP contribution in [0.25, 0.3) is 11.2 Å². The summed E-state index contributed by atoms with van der Waals surface area (Å²) in [6.45, 7) is 0. The van der Waals surface area contributed by atoms with Crippen molar-refractivity contribution in [3.05, 3.63) is 24.5 Å². The van der Waals surface area contributed by atoms with Crippen molar-refractivity contribution in [3.8, 4) is 0 Å². The first-order valence-electron chi connectivity index (χ1n) is 6.81. The molecule has 2 atom stereocenters. The Labute approximate surface area is 116 Å². The average Bonchev–Trinajstić information content (AvgIpc) is 2.70. The van der Waals surface area contributed by atoms with E-state index < -0.39 is 0 Å². The van der Waals surface area contributed by atoms with Gasteiger partial charge in [0.2, 0.25) is 0 Å². The standard InChI is InChI=1S/C14H15ClN4/c15-9-7-10-1-2-11(8-9)19(10)13-4-3-12-14(18-13)17-6-5-16-12/h3-6,9-11H,1-2,7-8H2. The fourth-order valence-electron chi connectivity index (χ4n) is 3.47. The van der Waals surface area contributed by atoms with Crippen molar-refractivity contribution >= 4 is 28.6 Å². The van der Waals surface area contributed by atoms with Crippen LogP contribution in [0.5, 0.6) is 0 Å². The van der Waals surface area contributed by atoms with Gasteiger partial charge in [-0.05, 0) is 37.8 Å². The predicted octanol–water partition coefficient (Wildman–Crippen LogP) is 2.76. The number of hydrogen-bond acceptors (Lipinski definition) is 4. The van der Waals surface area contributed by atoms with E-state index >= 15 is 0 Å². The number of fused-ring (bicyclic) bond motifs is 3. The van der Waals surface area contributed by atoms with Crippen molar-refractivity contribution in [2.24, 2.45) is 0 Å². The normalized spacial score (nSPS) is 29.9. The van der Waals surface area contributed by atoms with Crippen molar-refractivity contribution < 1.29 is 0 Å². The zero-order valence-electron chi connectivity index (χ0n) is 10.5. The molecule has 19 heavy (non-hydrogen) atoms. The molecule has 5 heteroatoms. The molecule has 2 bridgehead atoms. The highest BCUT2D eigenvalue weighted by Gasteiger charge is 2.40. The molecule has 0 aliphatic carbocycles. The molecule has 2 aliphatic heterocycles. The number of hydrogen-bond donors (Lipinski definition) is 0. The lowest BCUT2D eigenvalue weighted by Gasteiger charge is -2.37. The van der Waals surface area contributed by atoms with Crippen LogP contribution in [0.4, 0.5) is 5.82 Å². The molecule has 0 radical (unpaired) electrons. The SMILES string of the molecule is ClC1CC2CCC(C1)N2c1ccc2nccnc2n1. The summed E-state index contributed by atoms with van der Waals surface area (Å²) < 4.78 is 0. The Kier molecular flexibility index (Phi) is 2.58. The predicted molar refractivity (Wildman–Crippen MR) is 75.5 cm³/mol. The second kappa shape index (κ2) is 4.30. The molecule has 4 rings (SSSR count). The maximum absolute atomic E-state index is 6.32.